The molecule has 2 aromatic carbocycles. The van der Waals surface area contributed by atoms with Crippen LogP contribution >= 0.6 is 22.9 Å². The van der Waals surface area contributed by atoms with Gasteiger partial charge in [0.05, 0.1) is 27.2 Å². The molecular formula is C20H14ClN5O3S2. The van der Waals surface area contributed by atoms with Crippen LogP contribution in [0.15, 0.2) is 69.9 Å². The van der Waals surface area contributed by atoms with E-state index in [0.29, 0.717) is 27.8 Å². The lowest BCUT2D eigenvalue weighted by molar-refractivity contribution is 0.415. The van der Waals surface area contributed by atoms with Crippen LogP contribution in [-0.2, 0) is 9.84 Å². The van der Waals surface area contributed by atoms with Crippen LogP contribution in [0.25, 0.3) is 15.9 Å². The van der Waals surface area contributed by atoms with Crippen molar-refractivity contribution in [2.75, 3.05) is 12.4 Å². The van der Waals surface area contributed by atoms with Crippen molar-refractivity contribution in [1.82, 2.24) is 19.8 Å². The summed E-state index contributed by atoms with van der Waals surface area (Å²) in [5.41, 5.74) is 1.51. The van der Waals surface area contributed by atoms with E-state index in [2.05, 4.69) is 20.6 Å². The van der Waals surface area contributed by atoms with Crippen LogP contribution in [0.5, 0.6) is 5.75 Å². The summed E-state index contributed by atoms with van der Waals surface area (Å²) >= 11 is 7.69. The van der Waals surface area contributed by atoms with Crippen LogP contribution in [0, 0.1) is 0 Å². The van der Waals surface area contributed by atoms with Gasteiger partial charge in [0.1, 0.15) is 5.75 Å². The summed E-state index contributed by atoms with van der Waals surface area (Å²) in [7, 11) is -2.36. The number of nitrogens with one attached hydrogen (secondary N) is 1. The molecule has 5 rings (SSSR count). The van der Waals surface area contributed by atoms with Crippen LogP contribution in [0.3, 0.4) is 0 Å². The molecule has 0 spiro atoms. The molecule has 156 valence electrons. The molecule has 8 nitrogen and oxygen atoms in total. The van der Waals surface area contributed by atoms with E-state index in [-0.39, 0.29) is 15.6 Å². The average molecular weight is 472 g/mol. The SMILES string of the molecule is COc1ccc(Nc2nc3c(S(=O)(=O)c4ccccc4)nnn3c3ccsc23)cc1Cl. The summed E-state index contributed by atoms with van der Waals surface area (Å²) in [5, 5.41) is 13.4. The van der Waals surface area contributed by atoms with Crippen molar-refractivity contribution in [2.45, 2.75) is 9.92 Å². The zero-order valence-electron chi connectivity index (χ0n) is 16.0. The molecule has 0 atom stereocenters. The highest BCUT2D eigenvalue weighted by molar-refractivity contribution is 7.91. The predicted octanol–water partition coefficient (Wildman–Crippen LogP) is 4.58. The van der Waals surface area contributed by atoms with Gasteiger partial charge < -0.3 is 10.1 Å². The van der Waals surface area contributed by atoms with Crippen LogP contribution < -0.4 is 10.1 Å². The molecule has 0 aliphatic heterocycles. The molecule has 0 saturated heterocycles. The third kappa shape index (κ3) is 3.29. The number of ether oxygens (including phenoxy) is 1. The molecule has 0 fully saturated rings. The van der Waals surface area contributed by atoms with E-state index in [1.165, 1.54) is 28.0 Å². The molecule has 3 aromatic heterocycles. The molecule has 0 aliphatic rings. The zero-order chi connectivity index (χ0) is 21.6. The van der Waals surface area contributed by atoms with Gasteiger partial charge in [-0.1, -0.05) is 35.0 Å². The lowest BCUT2D eigenvalue weighted by atomic mass is 10.3. The third-order valence-electron chi connectivity index (χ3n) is 4.64. The standard InChI is InChI=1S/C20H14ClN5O3S2/c1-29-16-8-7-12(11-14(16)21)22-18-17-15(9-10-30-17)26-19(23-18)20(24-25-26)31(27,28)13-5-3-2-4-6-13/h2-11H,1H3,(H,22,23). The van der Waals surface area contributed by atoms with Gasteiger partial charge in [-0.3, -0.25) is 0 Å². The summed E-state index contributed by atoms with van der Waals surface area (Å²) in [6, 6.07) is 15.2. The van der Waals surface area contributed by atoms with Crippen LogP contribution in [0.2, 0.25) is 5.02 Å². The number of nitrogens with zero attached hydrogens (tertiary/aromatic N) is 4. The van der Waals surface area contributed by atoms with Gasteiger partial charge in [-0.05, 0) is 41.8 Å². The Morgan fingerprint density at radius 1 is 1.13 bits per heavy atom. The molecule has 1 N–H and O–H groups in total. The largest absolute Gasteiger partial charge is 0.495 e. The third-order valence-corrected chi connectivity index (χ3v) is 7.52. The smallest absolute Gasteiger partial charge is 0.229 e. The minimum atomic E-state index is -3.90. The highest BCUT2D eigenvalue weighted by atomic mass is 35.5. The van der Waals surface area contributed by atoms with Crippen molar-refractivity contribution in [2.24, 2.45) is 0 Å². The van der Waals surface area contributed by atoms with E-state index in [9.17, 15) is 8.42 Å². The fourth-order valence-corrected chi connectivity index (χ4v) is 5.50. The Hall–Kier alpha value is -3.21. The minimum absolute atomic E-state index is 0.126. The first-order valence-corrected chi connectivity index (χ1v) is 11.8. The summed E-state index contributed by atoms with van der Waals surface area (Å²) in [5.74, 6) is 1.03. The highest BCUT2D eigenvalue weighted by Crippen LogP contribution is 2.34. The second-order valence-electron chi connectivity index (χ2n) is 6.52. The summed E-state index contributed by atoms with van der Waals surface area (Å²) in [6.07, 6.45) is 0. The molecule has 0 unspecified atom stereocenters. The van der Waals surface area contributed by atoms with Gasteiger partial charge in [0.2, 0.25) is 14.9 Å². The Bertz CT molecular complexity index is 1530. The molecule has 0 radical (unpaired) electrons. The zero-order valence-corrected chi connectivity index (χ0v) is 18.4. The van der Waals surface area contributed by atoms with Crippen molar-refractivity contribution in [3.05, 3.63) is 65.0 Å². The number of anilines is 2. The molecular weight excluding hydrogens is 458 g/mol. The molecule has 0 bridgehead atoms. The number of thiophene rings is 1. The predicted molar refractivity (Wildman–Crippen MR) is 119 cm³/mol. The topological polar surface area (TPSA) is 98.5 Å². The minimum Gasteiger partial charge on any atom is -0.495 e. The van der Waals surface area contributed by atoms with Crippen molar-refractivity contribution in [3.8, 4) is 5.75 Å². The Morgan fingerprint density at radius 2 is 1.94 bits per heavy atom. The second-order valence-corrected chi connectivity index (χ2v) is 9.70. The number of rotatable bonds is 5. The van der Waals surface area contributed by atoms with E-state index in [0.717, 1.165) is 4.70 Å². The van der Waals surface area contributed by atoms with E-state index in [1.54, 1.807) is 43.5 Å². The molecule has 11 heteroatoms. The molecule has 5 aromatic rings. The number of methoxy groups -OCH3 is 1. The van der Waals surface area contributed by atoms with Gasteiger partial charge in [-0.25, -0.2) is 13.4 Å². The number of fused-ring (bicyclic) bond motifs is 3. The summed E-state index contributed by atoms with van der Waals surface area (Å²) < 4.78 is 33.8. The Morgan fingerprint density at radius 3 is 2.68 bits per heavy atom. The first-order chi connectivity index (χ1) is 15.0. The van der Waals surface area contributed by atoms with Crippen molar-refractivity contribution in [3.63, 3.8) is 0 Å². The maximum atomic E-state index is 13.2. The van der Waals surface area contributed by atoms with E-state index in [1.807, 2.05) is 11.4 Å². The van der Waals surface area contributed by atoms with Crippen molar-refractivity contribution >= 4 is 60.1 Å². The van der Waals surface area contributed by atoms with Crippen LogP contribution in [0.4, 0.5) is 11.5 Å². The van der Waals surface area contributed by atoms with E-state index in [4.69, 9.17) is 16.3 Å². The quantitative estimate of drug-likeness (QED) is 0.400. The Kier molecular flexibility index (Phi) is 4.77. The normalized spacial score (nSPS) is 11.8. The number of benzene rings is 2. The van der Waals surface area contributed by atoms with Crippen molar-refractivity contribution < 1.29 is 13.2 Å². The maximum absolute atomic E-state index is 13.2. The summed E-state index contributed by atoms with van der Waals surface area (Å²) in [6.45, 7) is 0. The Labute approximate surface area is 186 Å². The second kappa shape index (κ2) is 7.49. The fraction of sp³-hybridized carbons (Fsp3) is 0.0500. The highest BCUT2D eigenvalue weighted by Gasteiger charge is 2.27. The van der Waals surface area contributed by atoms with Gasteiger partial charge in [-0.2, -0.15) is 4.52 Å². The molecule has 3 heterocycles. The number of aromatic nitrogens is 4. The van der Waals surface area contributed by atoms with Gasteiger partial charge >= 0.3 is 0 Å². The summed E-state index contributed by atoms with van der Waals surface area (Å²) in [4.78, 5) is 4.70. The number of hydrogen-bond donors (Lipinski definition) is 1. The molecule has 0 saturated carbocycles. The van der Waals surface area contributed by atoms with E-state index < -0.39 is 9.84 Å². The lowest BCUT2D eigenvalue weighted by Crippen LogP contribution is -2.05. The first kappa shape index (κ1) is 19.7. The molecule has 31 heavy (non-hydrogen) atoms. The monoisotopic (exact) mass is 471 g/mol. The number of hydrogen-bond acceptors (Lipinski definition) is 8. The van der Waals surface area contributed by atoms with Crippen LogP contribution in [0.1, 0.15) is 0 Å². The Balaban J connectivity index is 1.68. The maximum Gasteiger partial charge on any atom is 0.229 e. The number of halogens is 1. The van der Waals surface area contributed by atoms with Crippen molar-refractivity contribution in [1.29, 1.82) is 0 Å². The van der Waals surface area contributed by atoms with Gasteiger partial charge in [0, 0.05) is 5.69 Å². The van der Waals surface area contributed by atoms with Gasteiger partial charge in [0.15, 0.2) is 11.5 Å². The van der Waals surface area contributed by atoms with Gasteiger partial charge in [0.25, 0.3) is 0 Å². The molecule has 0 aliphatic carbocycles. The average Bonchev–Trinajstić information content (AvgIpc) is 3.42. The van der Waals surface area contributed by atoms with Gasteiger partial charge in [-0.15, -0.1) is 16.4 Å². The fourth-order valence-electron chi connectivity index (χ4n) is 3.17. The molecule has 0 amide bonds. The van der Waals surface area contributed by atoms with Crippen LogP contribution in [-0.4, -0.2) is 35.3 Å². The number of sulfone groups is 1. The van der Waals surface area contributed by atoms with E-state index >= 15 is 0 Å². The lowest BCUT2D eigenvalue weighted by Gasteiger charge is -2.10. The first-order valence-electron chi connectivity index (χ1n) is 9.02.